The maximum Gasteiger partial charge on any atom is 0.332 e. The SMILES string of the molecule is CCn1c(=O)c2c(nc3n(Cc4ccccc4)c(=O)c(-c4ccccc4)c(O)n23)n(CC)c1=O. The molecule has 0 amide bonds. The second-order valence-corrected chi connectivity index (χ2v) is 7.94. The maximum atomic E-state index is 13.7. The highest BCUT2D eigenvalue weighted by Gasteiger charge is 2.25. The van der Waals surface area contributed by atoms with Gasteiger partial charge in [-0.25, -0.2) is 9.20 Å². The minimum Gasteiger partial charge on any atom is -0.494 e. The molecule has 0 radical (unpaired) electrons. The first-order chi connectivity index (χ1) is 16.5. The highest BCUT2D eigenvalue weighted by molar-refractivity contribution is 5.80. The number of imidazole rings is 1. The fourth-order valence-electron chi connectivity index (χ4n) is 4.37. The smallest absolute Gasteiger partial charge is 0.332 e. The lowest BCUT2D eigenvalue weighted by atomic mass is 10.1. The van der Waals surface area contributed by atoms with Gasteiger partial charge in [-0.2, -0.15) is 4.98 Å². The van der Waals surface area contributed by atoms with E-state index in [0.29, 0.717) is 5.56 Å². The fraction of sp³-hybridized carbons (Fsp3) is 0.200. The Morgan fingerprint density at radius 2 is 1.41 bits per heavy atom. The van der Waals surface area contributed by atoms with Crippen molar-refractivity contribution in [2.75, 3.05) is 0 Å². The maximum absolute atomic E-state index is 13.7. The van der Waals surface area contributed by atoms with Crippen molar-refractivity contribution in [3.63, 3.8) is 0 Å². The lowest BCUT2D eigenvalue weighted by Gasteiger charge is -2.13. The Kier molecular flexibility index (Phi) is 5.16. The Labute approximate surface area is 193 Å². The topological polar surface area (TPSA) is 104 Å². The molecule has 0 atom stereocenters. The Bertz CT molecular complexity index is 1710. The third-order valence-corrected chi connectivity index (χ3v) is 6.02. The molecule has 2 aromatic carbocycles. The minimum absolute atomic E-state index is 0.0507. The van der Waals surface area contributed by atoms with Crippen molar-refractivity contribution in [1.29, 1.82) is 0 Å². The van der Waals surface area contributed by atoms with E-state index in [4.69, 9.17) is 0 Å². The Morgan fingerprint density at radius 3 is 2.03 bits per heavy atom. The zero-order valence-electron chi connectivity index (χ0n) is 18.8. The molecule has 0 unspecified atom stereocenters. The lowest BCUT2D eigenvalue weighted by Crippen LogP contribution is -2.39. The van der Waals surface area contributed by atoms with E-state index >= 15 is 0 Å². The van der Waals surface area contributed by atoms with Crippen LogP contribution in [0, 0.1) is 0 Å². The average Bonchev–Trinajstić information content (AvgIpc) is 3.25. The second kappa shape index (κ2) is 8.18. The number of aromatic nitrogens is 5. The quantitative estimate of drug-likeness (QED) is 0.437. The van der Waals surface area contributed by atoms with Crippen LogP contribution < -0.4 is 16.8 Å². The molecule has 0 saturated heterocycles. The first-order valence-electron chi connectivity index (χ1n) is 11.1. The van der Waals surface area contributed by atoms with Crippen LogP contribution in [0.15, 0.2) is 75.0 Å². The van der Waals surface area contributed by atoms with E-state index in [9.17, 15) is 19.5 Å². The molecule has 172 valence electrons. The van der Waals surface area contributed by atoms with E-state index in [1.807, 2.05) is 36.4 Å². The van der Waals surface area contributed by atoms with E-state index in [0.717, 1.165) is 10.1 Å². The van der Waals surface area contributed by atoms with Crippen LogP contribution in [-0.2, 0) is 19.6 Å². The molecular weight excluding hydrogens is 434 g/mol. The van der Waals surface area contributed by atoms with Gasteiger partial charge in [-0.05, 0) is 25.0 Å². The molecule has 0 fully saturated rings. The monoisotopic (exact) mass is 457 g/mol. The second-order valence-electron chi connectivity index (χ2n) is 7.94. The number of aryl methyl sites for hydroxylation is 1. The molecule has 3 aromatic heterocycles. The summed E-state index contributed by atoms with van der Waals surface area (Å²) >= 11 is 0. The van der Waals surface area contributed by atoms with Gasteiger partial charge in [0.1, 0.15) is 5.56 Å². The van der Waals surface area contributed by atoms with E-state index in [1.165, 1.54) is 13.5 Å². The third kappa shape index (κ3) is 3.08. The van der Waals surface area contributed by atoms with Crippen LogP contribution in [0.2, 0.25) is 0 Å². The summed E-state index contributed by atoms with van der Waals surface area (Å²) in [5.74, 6) is -0.298. The standard InChI is InChI=1S/C25H23N5O4/c1-3-27-20-19(23(33)28(4-2)25(27)34)30-22(32)18(17-13-9-6-10-14-17)21(31)29(24(30)26-20)15-16-11-7-5-8-12-16/h5-14,32H,3-4,15H2,1-2H3. The van der Waals surface area contributed by atoms with E-state index in [1.54, 1.807) is 38.1 Å². The molecule has 0 aliphatic carbocycles. The summed E-state index contributed by atoms with van der Waals surface area (Å²) < 4.78 is 5.21. The Hall–Kier alpha value is -4.40. The lowest BCUT2D eigenvalue weighted by molar-refractivity contribution is 0.445. The van der Waals surface area contributed by atoms with Gasteiger partial charge in [0.25, 0.3) is 11.1 Å². The van der Waals surface area contributed by atoms with Gasteiger partial charge in [0.2, 0.25) is 11.7 Å². The molecule has 1 N–H and O–H groups in total. The van der Waals surface area contributed by atoms with Crippen molar-refractivity contribution in [2.45, 2.75) is 33.5 Å². The molecule has 5 aromatic rings. The van der Waals surface area contributed by atoms with E-state index in [2.05, 4.69) is 4.98 Å². The predicted octanol–water partition coefficient (Wildman–Crippen LogP) is 2.43. The zero-order chi connectivity index (χ0) is 24.0. The van der Waals surface area contributed by atoms with Crippen LogP contribution in [0.25, 0.3) is 28.1 Å². The summed E-state index contributed by atoms with van der Waals surface area (Å²) in [6, 6.07) is 18.2. The van der Waals surface area contributed by atoms with Gasteiger partial charge >= 0.3 is 5.69 Å². The number of aromatic hydroxyl groups is 1. The van der Waals surface area contributed by atoms with Crippen LogP contribution in [0.1, 0.15) is 19.4 Å². The van der Waals surface area contributed by atoms with Gasteiger partial charge in [-0.3, -0.25) is 23.3 Å². The van der Waals surface area contributed by atoms with Crippen LogP contribution in [0.5, 0.6) is 5.88 Å². The molecule has 9 heteroatoms. The Morgan fingerprint density at radius 1 is 0.794 bits per heavy atom. The molecule has 3 heterocycles. The molecule has 0 spiro atoms. The van der Waals surface area contributed by atoms with E-state index < -0.39 is 16.8 Å². The zero-order valence-corrected chi connectivity index (χ0v) is 18.8. The van der Waals surface area contributed by atoms with Gasteiger partial charge < -0.3 is 5.11 Å². The van der Waals surface area contributed by atoms with Gasteiger partial charge in [-0.1, -0.05) is 60.7 Å². The highest BCUT2D eigenvalue weighted by Crippen LogP contribution is 2.29. The molecule has 0 saturated carbocycles. The largest absolute Gasteiger partial charge is 0.494 e. The fourth-order valence-corrected chi connectivity index (χ4v) is 4.37. The van der Waals surface area contributed by atoms with Crippen molar-refractivity contribution >= 4 is 16.9 Å². The molecule has 0 bridgehead atoms. The van der Waals surface area contributed by atoms with Crippen LogP contribution >= 0.6 is 0 Å². The number of rotatable bonds is 5. The van der Waals surface area contributed by atoms with Gasteiger partial charge in [0.15, 0.2) is 11.2 Å². The first kappa shape index (κ1) is 21.4. The number of fused-ring (bicyclic) bond motifs is 3. The van der Waals surface area contributed by atoms with E-state index in [-0.39, 0.29) is 48.0 Å². The number of benzene rings is 2. The summed E-state index contributed by atoms with van der Waals surface area (Å²) in [6.07, 6.45) is 0. The van der Waals surface area contributed by atoms with Crippen molar-refractivity contribution in [3.05, 3.63) is 97.4 Å². The van der Waals surface area contributed by atoms with Crippen molar-refractivity contribution < 1.29 is 5.11 Å². The van der Waals surface area contributed by atoms with Gasteiger partial charge in [0, 0.05) is 13.1 Å². The summed E-state index contributed by atoms with van der Waals surface area (Å²) in [7, 11) is 0. The van der Waals surface area contributed by atoms with Crippen LogP contribution in [0.3, 0.4) is 0 Å². The molecule has 0 aliphatic rings. The molecule has 0 aliphatic heterocycles. The van der Waals surface area contributed by atoms with Crippen molar-refractivity contribution in [3.8, 4) is 17.0 Å². The van der Waals surface area contributed by atoms with Gasteiger partial charge in [-0.15, -0.1) is 0 Å². The van der Waals surface area contributed by atoms with Gasteiger partial charge in [0.05, 0.1) is 6.54 Å². The number of hydrogen-bond acceptors (Lipinski definition) is 5. The number of hydrogen-bond donors (Lipinski definition) is 1. The highest BCUT2D eigenvalue weighted by atomic mass is 16.3. The first-order valence-corrected chi connectivity index (χ1v) is 11.1. The summed E-state index contributed by atoms with van der Waals surface area (Å²) in [5, 5.41) is 11.4. The molecule has 5 rings (SSSR count). The summed E-state index contributed by atoms with van der Waals surface area (Å²) in [4.78, 5) is 44.5. The Balaban J connectivity index is 2.02. The summed E-state index contributed by atoms with van der Waals surface area (Å²) in [6.45, 7) is 4.09. The van der Waals surface area contributed by atoms with Crippen molar-refractivity contribution in [2.24, 2.45) is 0 Å². The third-order valence-electron chi connectivity index (χ3n) is 6.02. The average molecular weight is 457 g/mol. The van der Waals surface area contributed by atoms with Crippen molar-refractivity contribution in [1.82, 2.24) is 23.1 Å². The molecule has 34 heavy (non-hydrogen) atoms. The number of nitrogens with zero attached hydrogens (tertiary/aromatic N) is 5. The molecular formula is C25H23N5O4. The van der Waals surface area contributed by atoms with Crippen LogP contribution in [-0.4, -0.2) is 28.2 Å². The normalized spacial score (nSPS) is 11.5. The summed E-state index contributed by atoms with van der Waals surface area (Å²) in [5.41, 5.74) is 0.0946. The minimum atomic E-state index is -0.570. The van der Waals surface area contributed by atoms with Crippen LogP contribution in [0.4, 0.5) is 0 Å². The molecule has 9 nitrogen and oxygen atoms in total. The predicted molar refractivity (Wildman–Crippen MR) is 129 cm³/mol.